The van der Waals surface area contributed by atoms with Crippen molar-refractivity contribution in [3.63, 3.8) is 0 Å². The summed E-state index contributed by atoms with van der Waals surface area (Å²) in [5.41, 5.74) is 0.504. The number of rotatable bonds is 1. The van der Waals surface area contributed by atoms with Crippen LogP contribution in [0.2, 0.25) is 5.02 Å². The van der Waals surface area contributed by atoms with Gasteiger partial charge in [0.15, 0.2) is 0 Å². The molecule has 0 aliphatic carbocycles. The molecule has 0 saturated heterocycles. The SMILES string of the molecule is [CH2]C=C(F)c1ccc(Cl)cc1. The van der Waals surface area contributed by atoms with Crippen molar-refractivity contribution in [3.8, 4) is 0 Å². The molecule has 0 amide bonds. The van der Waals surface area contributed by atoms with E-state index >= 15 is 0 Å². The molecule has 0 N–H and O–H groups in total. The average Bonchev–Trinajstić information content (AvgIpc) is 2.05. The highest BCUT2D eigenvalue weighted by Gasteiger charge is 1.96. The van der Waals surface area contributed by atoms with Crippen LogP contribution in [0.25, 0.3) is 5.83 Å². The molecule has 0 unspecified atom stereocenters. The average molecular weight is 170 g/mol. The van der Waals surface area contributed by atoms with Crippen molar-refractivity contribution < 1.29 is 4.39 Å². The Bertz CT molecular complexity index is 261. The van der Waals surface area contributed by atoms with Crippen molar-refractivity contribution in [2.45, 2.75) is 0 Å². The molecule has 1 radical (unpaired) electrons. The highest BCUT2D eigenvalue weighted by molar-refractivity contribution is 6.30. The van der Waals surface area contributed by atoms with Gasteiger partial charge < -0.3 is 0 Å². The minimum atomic E-state index is -0.332. The highest BCUT2D eigenvalue weighted by Crippen LogP contribution is 2.17. The van der Waals surface area contributed by atoms with Gasteiger partial charge in [0.1, 0.15) is 5.83 Å². The third kappa shape index (κ3) is 2.05. The summed E-state index contributed by atoms with van der Waals surface area (Å²) in [6.07, 6.45) is 1.17. The minimum absolute atomic E-state index is 0.332. The van der Waals surface area contributed by atoms with Gasteiger partial charge in [-0.3, -0.25) is 0 Å². The Morgan fingerprint density at radius 2 is 1.91 bits per heavy atom. The second-order valence-electron chi connectivity index (χ2n) is 2.06. The number of benzene rings is 1. The molecule has 0 spiro atoms. The van der Waals surface area contributed by atoms with E-state index in [1.54, 1.807) is 24.3 Å². The third-order valence-electron chi connectivity index (χ3n) is 1.30. The molecule has 0 saturated carbocycles. The van der Waals surface area contributed by atoms with E-state index in [4.69, 9.17) is 11.6 Å². The summed E-state index contributed by atoms with van der Waals surface area (Å²) in [7, 11) is 0. The number of hydrogen-bond donors (Lipinski definition) is 0. The number of halogens is 2. The zero-order chi connectivity index (χ0) is 8.27. The van der Waals surface area contributed by atoms with Gasteiger partial charge in [0.2, 0.25) is 0 Å². The van der Waals surface area contributed by atoms with Gasteiger partial charge in [-0.2, -0.15) is 0 Å². The zero-order valence-corrected chi connectivity index (χ0v) is 6.61. The third-order valence-corrected chi connectivity index (χ3v) is 1.55. The van der Waals surface area contributed by atoms with Crippen LogP contribution in [-0.2, 0) is 0 Å². The molecule has 2 heteroatoms. The van der Waals surface area contributed by atoms with Crippen molar-refractivity contribution in [2.24, 2.45) is 0 Å². The van der Waals surface area contributed by atoms with E-state index in [1.807, 2.05) is 0 Å². The highest BCUT2D eigenvalue weighted by atomic mass is 35.5. The summed E-state index contributed by atoms with van der Waals surface area (Å²) in [5, 5.41) is 0.602. The van der Waals surface area contributed by atoms with E-state index in [-0.39, 0.29) is 5.83 Å². The normalized spacial score (nSPS) is 11.7. The summed E-state index contributed by atoms with van der Waals surface area (Å²) in [5.74, 6) is -0.332. The molecule has 1 aromatic carbocycles. The zero-order valence-electron chi connectivity index (χ0n) is 5.85. The lowest BCUT2D eigenvalue weighted by molar-refractivity contribution is 0.760. The van der Waals surface area contributed by atoms with Crippen LogP contribution >= 0.6 is 11.6 Å². The van der Waals surface area contributed by atoms with Gasteiger partial charge in [-0.05, 0) is 25.1 Å². The molecule has 0 aliphatic heterocycles. The van der Waals surface area contributed by atoms with Gasteiger partial charge in [0, 0.05) is 10.6 Å². The molecule has 0 heterocycles. The van der Waals surface area contributed by atoms with Crippen LogP contribution < -0.4 is 0 Å². The molecule has 1 rings (SSSR count). The van der Waals surface area contributed by atoms with E-state index in [1.165, 1.54) is 6.08 Å². The first kappa shape index (κ1) is 8.28. The Hall–Kier alpha value is -0.820. The van der Waals surface area contributed by atoms with Gasteiger partial charge in [0.05, 0.1) is 0 Å². The maximum atomic E-state index is 12.8. The molecule has 0 bridgehead atoms. The fraction of sp³-hybridized carbons (Fsp3) is 0. The van der Waals surface area contributed by atoms with Crippen molar-refractivity contribution in [1.82, 2.24) is 0 Å². The van der Waals surface area contributed by atoms with Crippen molar-refractivity contribution in [2.75, 3.05) is 0 Å². The minimum Gasteiger partial charge on any atom is -0.207 e. The standard InChI is InChI=1S/C9H7ClF/c1-2-9(11)7-3-5-8(10)6-4-7/h2-6H,1H2. The Morgan fingerprint density at radius 1 is 1.36 bits per heavy atom. The lowest BCUT2D eigenvalue weighted by Crippen LogP contribution is -1.75. The van der Waals surface area contributed by atoms with E-state index in [9.17, 15) is 4.39 Å². The van der Waals surface area contributed by atoms with Gasteiger partial charge >= 0.3 is 0 Å². The lowest BCUT2D eigenvalue weighted by atomic mass is 10.2. The van der Waals surface area contributed by atoms with Crippen LogP contribution in [0, 0.1) is 6.92 Å². The van der Waals surface area contributed by atoms with Crippen molar-refractivity contribution >= 4 is 17.4 Å². The summed E-state index contributed by atoms with van der Waals surface area (Å²) in [6.45, 7) is 3.31. The fourth-order valence-corrected chi connectivity index (χ4v) is 0.853. The first-order chi connectivity index (χ1) is 5.24. The van der Waals surface area contributed by atoms with Crippen molar-refractivity contribution in [3.05, 3.63) is 47.9 Å². The first-order valence-electron chi connectivity index (χ1n) is 3.15. The molecule has 0 fully saturated rings. The first-order valence-corrected chi connectivity index (χ1v) is 3.52. The molecule has 0 nitrogen and oxygen atoms in total. The molecular weight excluding hydrogens is 163 g/mol. The van der Waals surface area contributed by atoms with E-state index in [0.717, 1.165) is 0 Å². The molecule has 1 aromatic rings. The quantitative estimate of drug-likeness (QED) is 0.604. The van der Waals surface area contributed by atoms with Gasteiger partial charge in [-0.1, -0.05) is 23.7 Å². The monoisotopic (exact) mass is 169 g/mol. The van der Waals surface area contributed by atoms with Crippen LogP contribution in [0.3, 0.4) is 0 Å². The molecule has 0 aromatic heterocycles. The molecule has 11 heavy (non-hydrogen) atoms. The van der Waals surface area contributed by atoms with Gasteiger partial charge in [0.25, 0.3) is 0 Å². The second kappa shape index (κ2) is 3.54. The van der Waals surface area contributed by atoms with Crippen LogP contribution in [0.15, 0.2) is 30.3 Å². The van der Waals surface area contributed by atoms with Crippen molar-refractivity contribution in [1.29, 1.82) is 0 Å². The van der Waals surface area contributed by atoms with Crippen LogP contribution in [0.4, 0.5) is 4.39 Å². The smallest absolute Gasteiger partial charge is 0.126 e. The van der Waals surface area contributed by atoms with E-state index < -0.39 is 0 Å². The number of hydrogen-bond acceptors (Lipinski definition) is 0. The number of allylic oxidation sites excluding steroid dienone is 1. The van der Waals surface area contributed by atoms with Crippen LogP contribution in [0.1, 0.15) is 5.56 Å². The lowest BCUT2D eigenvalue weighted by Gasteiger charge is -1.95. The Labute approximate surface area is 70.3 Å². The summed E-state index contributed by atoms with van der Waals surface area (Å²) < 4.78 is 12.8. The molecular formula is C9H7ClF. The predicted molar refractivity (Wildman–Crippen MR) is 45.9 cm³/mol. The largest absolute Gasteiger partial charge is 0.207 e. The predicted octanol–water partition coefficient (Wildman–Crippen LogP) is 3.48. The fourth-order valence-electron chi connectivity index (χ4n) is 0.727. The Balaban J connectivity index is 2.99. The molecule has 0 aliphatic rings. The Kier molecular flexibility index (Phi) is 2.66. The molecule has 57 valence electrons. The molecule has 0 atom stereocenters. The summed E-state index contributed by atoms with van der Waals surface area (Å²) >= 11 is 5.60. The topological polar surface area (TPSA) is 0 Å². The Morgan fingerprint density at radius 3 is 2.36 bits per heavy atom. The maximum absolute atomic E-state index is 12.8. The van der Waals surface area contributed by atoms with E-state index in [2.05, 4.69) is 6.92 Å². The van der Waals surface area contributed by atoms with Gasteiger partial charge in [-0.15, -0.1) is 0 Å². The van der Waals surface area contributed by atoms with E-state index in [0.29, 0.717) is 10.6 Å². The van der Waals surface area contributed by atoms with Crippen LogP contribution in [0.5, 0.6) is 0 Å². The summed E-state index contributed by atoms with van der Waals surface area (Å²) in [6, 6.07) is 6.50. The van der Waals surface area contributed by atoms with Crippen LogP contribution in [-0.4, -0.2) is 0 Å². The summed E-state index contributed by atoms with van der Waals surface area (Å²) in [4.78, 5) is 0. The second-order valence-corrected chi connectivity index (χ2v) is 2.50. The maximum Gasteiger partial charge on any atom is 0.126 e. The van der Waals surface area contributed by atoms with Gasteiger partial charge in [-0.25, -0.2) is 4.39 Å².